The molecule has 0 bridgehead atoms. The van der Waals surface area contributed by atoms with Crippen LogP contribution in [0.1, 0.15) is 15.9 Å². The number of hydrogen-bond acceptors (Lipinski definition) is 4. The van der Waals surface area contributed by atoms with E-state index in [1.807, 2.05) is 60.7 Å². The van der Waals surface area contributed by atoms with Crippen LogP contribution in [0, 0.1) is 0 Å². The first-order chi connectivity index (χ1) is 13.6. The van der Waals surface area contributed by atoms with Crippen LogP contribution in [-0.4, -0.2) is 32.1 Å². The number of para-hydroxylation sites is 2. The zero-order valence-electron chi connectivity index (χ0n) is 16.2. The van der Waals surface area contributed by atoms with Gasteiger partial charge in [-0.3, -0.25) is 4.79 Å². The van der Waals surface area contributed by atoms with Crippen molar-refractivity contribution in [2.24, 2.45) is 0 Å². The topological polar surface area (TPSA) is 48.0 Å². The molecule has 0 heterocycles. The van der Waals surface area contributed by atoms with E-state index in [-0.39, 0.29) is 5.91 Å². The molecule has 0 aliphatic heterocycles. The van der Waals surface area contributed by atoms with Gasteiger partial charge in [0.1, 0.15) is 11.5 Å². The number of benzene rings is 3. The minimum absolute atomic E-state index is 0.124. The van der Waals surface area contributed by atoms with Crippen molar-refractivity contribution in [1.29, 1.82) is 0 Å². The second kappa shape index (κ2) is 8.95. The monoisotopic (exact) mass is 377 g/mol. The Labute approximate surface area is 165 Å². The molecule has 5 nitrogen and oxygen atoms in total. The van der Waals surface area contributed by atoms with E-state index in [1.54, 1.807) is 38.3 Å². The molecule has 0 spiro atoms. The summed E-state index contributed by atoms with van der Waals surface area (Å²) in [5.41, 5.74) is 1.45. The van der Waals surface area contributed by atoms with Crippen LogP contribution in [0.3, 0.4) is 0 Å². The summed E-state index contributed by atoms with van der Waals surface area (Å²) < 4.78 is 16.5. The van der Waals surface area contributed by atoms with Crippen LogP contribution in [0.5, 0.6) is 23.0 Å². The van der Waals surface area contributed by atoms with Crippen LogP contribution in [0.2, 0.25) is 0 Å². The van der Waals surface area contributed by atoms with Gasteiger partial charge in [-0.1, -0.05) is 36.4 Å². The predicted molar refractivity (Wildman–Crippen MR) is 108 cm³/mol. The Kier molecular flexibility index (Phi) is 6.17. The van der Waals surface area contributed by atoms with Gasteiger partial charge in [0.15, 0.2) is 11.5 Å². The highest BCUT2D eigenvalue weighted by Crippen LogP contribution is 2.29. The van der Waals surface area contributed by atoms with E-state index in [2.05, 4.69) is 0 Å². The number of carbonyl (C=O) groups is 1. The SMILES string of the molecule is COc1ccc(CN(C)C(=O)c2ccccc2Oc2ccccc2)cc1OC. The average molecular weight is 377 g/mol. The molecule has 0 fully saturated rings. The van der Waals surface area contributed by atoms with Crippen molar-refractivity contribution in [2.45, 2.75) is 6.54 Å². The molecule has 3 rings (SSSR count). The number of rotatable bonds is 7. The first-order valence-corrected chi connectivity index (χ1v) is 8.90. The second-order valence-electron chi connectivity index (χ2n) is 6.26. The maximum atomic E-state index is 13.0. The average Bonchev–Trinajstić information content (AvgIpc) is 2.74. The van der Waals surface area contributed by atoms with Crippen molar-refractivity contribution in [1.82, 2.24) is 4.90 Å². The Morgan fingerprint density at radius 2 is 1.50 bits per heavy atom. The molecule has 28 heavy (non-hydrogen) atoms. The lowest BCUT2D eigenvalue weighted by Crippen LogP contribution is -2.26. The normalized spacial score (nSPS) is 10.2. The fourth-order valence-electron chi connectivity index (χ4n) is 2.88. The molecular weight excluding hydrogens is 354 g/mol. The van der Waals surface area contributed by atoms with E-state index in [4.69, 9.17) is 14.2 Å². The standard InChI is InChI=1S/C23H23NO4/c1-24(16-17-13-14-21(26-2)22(15-17)27-3)23(25)19-11-7-8-12-20(19)28-18-9-5-4-6-10-18/h4-15H,16H2,1-3H3. The van der Waals surface area contributed by atoms with Gasteiger partial charge in [-0.05, 0) is 42.0 Å². The van der Waals surface area contributed by atoms with Crippen molar-refractivity contribution >= 4 is 5.91 Å². The zero-order valence-corrected chi connectivity index (χ0v) is 16.2. The van der Waals surface area contributed by atoms with E-state index < -0.39 is 0 Å². The minimum Gasteiger partial charge on any atom is -0.493 e. The number of ether oxygens (including phenoxy) is 3. The lowest BCUT2D eigenvalue weighted by atomic mass is 10.1. The summed E-state index contributed by atoms with van der Waals surface area (Å²) in [7, 11) is 4.95. The van der Waals surface area contributed by atoms with Gasteiger partial charge in [0.2, 0.25) is 0 Å². The Morgan fingerprint density at radius 3 is 2.21 bits per heavy atom. The molecule has 0 atom stereocenters. The van der Waals surface area contributed by atoms with Crippen LogP contribution in [0.25, 0.3) is 0 Å². The van der Waals surface area contributed by atoms with Gasteiger partial charge in [0, 0.05) is 13.6 Å². The van der Waals surface area contributed by atoms with Gasteiger partial charge in [-0.2, -0.15) is 0 Å². The molecule has 0 saturated carbocycles. The zero-order chi connectivity index (χ0) is 19.9. The lowest BCUT2D eigenvalue weighted by Gasteiger charge is -2.20. The third-order valence-corrected chi connectivity index (χ3v) is 4.30. The minimum atomic E-state index is -0.124. The highest BCUT2D eigenvalue weighted by atomic mass is 16.5. The van der Waals surface area contributed by atoms with Crippen LogP contribution < -0.4 is 14.2 Å². The third kappa shape index (κ3) is 4.43. The third-order valence-electron chi connectivity index (χ3n) is 4.30. The summed E-state index contributed by atoms with van der Waals surface area (Å²) in [5.74, 6) is 2.37. The van der Waals surface area contributed by atoms with E-state index in [0.29, 0.717) is 35.1 Å². The number of hydrogen-bond donors (Lipinski definition) is 0. The Morgan fingerprint density at radius 1 is 0.821 bits per heavy atom. The number of methoxy groups -OCH3 is 2. The molecule has 3 aromatic carbocycles. The molecular formula is C23H23NO4. The highest BCUT2D eigenvalue weighted by Gasteiger charge is 2.18. The molecule has 0 aliphatic rings. The molecule has 1 amide bonds. The van der Waals surface area contributed by atoms with Gasteiger partial charge in [-0.25, -0.2) is 0 Å². The van der Waals surface area contributed by atoms with Crippen molar-refractivity contribution in [2.75, 3.05) is 21.3 Å². The predicted octanol–water partition coefficient (Wildman–Crippen LogP) is 4.77. The largest absolute Gasteiger partial charge is 0.493 e. The van der Waals surface area contributed by atoms with Crippen molar-refractivity contribution in [3.8, 4) is 23.0 Å². The Balaban J connectivity index is 1.78. The van der Waals surface area contributed by atoms with E-state index >= 15 is 0 Å². The molecule has 0 saturated heterocycles. The van der Waals surface area contributed by atoms with E-state index in [9.17, 15) is 4.79 Å². The number of amides is 1. The summed E-state index contributed by atoms with van der Waals surface area (Å²) in [6.45, 7) is 0.429. The molecule has 0 aliphatic carbocycles. The highest BCUT2D eigenvalue weighted by molar-refractivity contribution is 5.96. The molecule has 5 heteroatoms. The molecule has 0 N–H and O–H groups in total. The molecule has 0 radical (unpaired) electrons. The lowest BCUT2D eigenvalue weighted by molar-refractivity contribution is 0.0782. The van der Waals surface area contributed by atoms with Crippen LogP contribution in [0.4, 0.5) is 0 Å². The van der Waals surface area contributed by atoms with Gasteiger partial charge in [-0.15, -0.1) is 0 Å². The fraction of sp³-hybridized carbons (Fsp3) is 0.174. The summed E-state index contributed by atoms with van der Waals surface area (Å²) in [5, 5.41) is 0. The van der Waals surface area contributed by atoms with Crippen molar-refractivity contribution < 1.29 is 19.0 Å². The van der Waals surface area contributed by atoms with Crippen LogP contribution in [0.15, 0.2) is 72.8 Å². The van der Waals surface area contributed by atoms with Gasteiger partial charge < -0.3 is 19.1 Å². The summed E-state index contributed by atoms with van der Waals surface area (Å²) >= 11 is 0. The quantitative estimate of drug-likeness (QED) is 0.595. The van der Waals surface area contributed by atoms with Gasteiger partial charge >= 0.3 is 0 Å². The van der Waals surface area contributed by atoms with Crippen molar-refractivity contribution in [3.05, 3.63) is 83.9 Å². The summed E-state index contributed by atoms with van der Waals surface area (Å²) in [6.07, 6.45) is 0. The first-order valence-electron chi connectivity index (χ1n) is 8.90. The summed E-state index contributed by atoms with van der Waals surface area (Å²) in [4.78, 5) is 14.7. The van der Waals surface area contributed by atoms with Crippen LogP contribution in [-0.2, 0) is 6.54 Å². The maximum Gasteiger partial charge on any atom is 0.257 e. The Hall–Kier alpha value is -3.47. The molecule has 144 valence electrons. The molecule has 0 unspecified atom stereocenters. The number of nitrogens with zero attached hydrogens (tertiary/aromatic N) is 1. The summed E-state index contributed by atoms with van der Waals surface area (Å²) in [6, 6.07) is 22.3. The van der Waals surface area contributed by atoms with E-state index in [0.717, 1.165) is 5.56 Å². The fourth-order valence-corrected chi connectivity index (χ4v) is 2.88. The molecule has 0 aromatic heterocycles. The van der Waals surface area contributed by atoms with Gasteiger partial charge in [0.25, 0.3) is 5.91 Å². The Bertz CT molecular complexity index is 940. The molecule has 3 aromatic rings. The van der Waals surface area contributed by atoms with Crippen LogP contribution >= 0.6 is 0 Å². The van der Waals surface area contributed by atoms with Crippen molar-refractivity contribution in [3.63, 3.8) is 0 Å². The first kappa shape index (κ1) is 19.3. The van der Waals surface area contributed by atoms with Gasteiger partial charge in [0.05, 0.1) is 19.8 Å². The smallest absolute Gasteiger partial charge is 0.257 e. The second-order valence-corrected chi connectivity index (χ2v) is 6.26. The maximum absolute atomic E-state index is 13.0. The van der Waals surface area contributed by atoms with E-state index in [1.165, 1.54) is 0 Å². The number of carbonyl (C=O) groups excluding carboxylic acids is 1.